The summed E-state index contributed by atoms with van der Waals surface area (Å²) in [5, 5.41) is 13.6. The predicted octanol–water partition coefficient (Wildman–Crippen LogP) is 9.92. The van der Waals surface area contributed by atoms with Crippen LogP contribution in [0.2, 0.25) is 0 Å². The van der Waals surface area contributed by atoms with Gasteiger partial charge in [-0.05, 0) is 53.9 Å². The van der Waals surface area contributed by atoms with Crippen LogP contribution in [0.3, 0.4) is 0 Å². The Kier molecular flexibility index (Phi) is 12.5. The van der Waals surface area contributed by atoms with E-state index in [1.807, 2.05) is 129 Å². The van der Waals surface area contributed by atoms with E-state index in [1.54, 1.807) is 21.6 Å². The van der Waals surface area contributed by atoms with Gasteiger partial charge in [-0.3, -0.25) is 14.5 Å². The van der Waals surface area contributed by atoms with Gasteiger partial charge in [0.1, 0.15) is 46.6 Å². The number of rotatable bonds is 14. The highest BCUT2D eigenvalue weighted by Gasteiger charge is 2.54. The molecule has 2 atom stereocenters. The first kappa shape index (κ1) is 42.8. The third kappa shape index (κ3) is 8.25. The van der Waals surface area contributed by atoms with Crippen LogP contribution in [0.4, 0.5) is 5.13 Å². The lowest BCUT2D eigenvalue weighted by atomic mass is 9.77. The van der Waals surface area contributed by atoms with Crippen molar-refractivity contribution in [1.82, 2.24) is 20.2 Å². The number of aryl methyl sites for hydroxylation is 2. The van der Waals surface area contributed by atoms with Crippen LogP contribution in [-0.2, 0) is 24.7 Å². The van der Waals surface area contributed by atoms with E-state index in [0.29, 0.717) is 16.6 Å². The highest BCUT2D eigenvalue weighted by molar-refractivity contribution is 8.00. The van der Waals surface area contributed by atoms with Crippen LogP contribution in [0.5, 0.6) is 0 Å². The molecule has 320 valence electrons. The lowest BCUT2D eigenvalue weighted by Crippen LogP contribution is -2.71. The molecule has 64 heavy (non-hydrogen) atoms. The number of aromatic nitrogens is 2. The topological polar surface area (TPSA) is 118 Å². The van der Waals surface area contributed by atoms with Gasteiger partial charge < -0.3 is 20.2 Å². The minimum atomic E-state index is -0.893. The first-order valence-electron chi connectivity index (χ1n) is 20.5. The van der Waals surface area contributed by atoms with Gasteiger partial charge in [-0.1, -0.05) is 157 Å². The molecule has 1 fully saturated rings. The van der Waals surface area contributed by atoms with Crippen molar-refractivity contribution in [2.45, 2.75) is 36.9 Å². The average molecular weight is 919 g/mol. The van der Waals surface area contributed by atoms with Crippen LogP contribution >= 0.6 is 46.7 Å². The number of anilines is 1. The Labute approximate surface area is 389 Å². The zero-order chi connectivity index (χ0) is 44.2. The summed E-state index contributed by atoms with van der Waals surface area (Å²) < 4.78 is 6.73. The summed E-state index contributed by atoms with van der Waals surface area (Å²) in [6.07, 6.45) is -0.535. The Morgan fingerprint density at radius 2 is 1.34 bits per heavy atom. The van der Waals surface area contributed by atoms with Crippen molar-refractivity contribution < 1.29 is 19.2 Å². The molecule has 0 aliphatic carbocycles. The molecule has 0 bridgehead atoms. The highest BCUT2D eigenvalue weighted by atomic mass is 32.2. The number of oxime groups is 1. The number of nitrogens with one attached hydrogen (secondary N) is 2. The monoisotopic (exact) mass is 918 g/mol. The number of carbonyl (C=O) groups excluding carboxylic acids is 2. The largest absolute Gasteiger partial charge is 0.469 e. The number of ether oxygens (including phenoxy) is 1. The van der Waals surface area contributed by atoms with Gasteiger partial charge in [-0.15, -0.1) is 34.4 Å². The van der Waals surface area contributed by atoms with E-state index in [-0.39, 0.29) is 22.4 Å². The molecular formula is C50H42N6O4S4. The Morgan fingerprint density at radius 3 is 1.84 bits per heavy atom. The van der Waals surface area contributed by atoms with E-state index in [1.165, 1.54) is 30.2 Å². The summed E-state index contributed by atoms with van der Waals surface area (Å²) in [7, 11) is 1.37. The summed E-state index contributed by atoms with van der Waals surface area (Å²) in [5.74, 6) is -0.451. The number of thioether (sulfide) groups is 1. The molecule has 4 heterocycles. The molecule has 0 spiro atoms. The van der Waals surface area contributed by atoms with Gasteiger partial charge in [-0.25, -0.2) is 9.97 Å². The van der Waals surface area contributed by atoms with Crippen molar-refractivity contribution in [2.75, 3.05) is 18.2 Å². The molecular weight excluding hydrogens is 877 g/mol. The van der Waals surface area contributed by atoms with Crippen LogP contribution < -0.4 is 10.6 Å². The second kappa shape index (κ2) is 18.7. The van der Waals surface area contributed by atoms with Crippen molar-refractivity contribution in [3.63, 3.8) is 0 Å². The van der Waals surface area contributed by atoms with E-state index in [4.69, 9.17) is 31.8 Å². The van der Waals surface area contributed by atoms with Crippen molar-refractivity contribution in [1.29, 1.82) is 0 Å². The van der Waals surface area contributed by atoms with Crippen molar-refractivity contribution in [2.24, 2.45) is 5.16 Å². The normalized spacial score (nSPS) is 16.2. The maximum absolute atomic E-state index is 14.4. The van der Waals surface area contributed by atoms with Gasteiger partial charge in [0.15, 0.2) is 10.8 Å². The number of thiocarbonyl (C=S) groups is 1. The molecule has 0 saturated carbocycles. The predicted molar refractivity (Wildman–Crippen MR) is 260 cm³/mol. The van der Waals surface area contributed by atoms with Crippen LogP contribution in [-0.4, -0.2) is 61.7 Å². The minimum absolute atomic E-state index is 0.0683. The number of β-lactam (4-membered cyclic amide) rings is 1. The van der Waals surface area contributed by atoms with E-state index in [9.17, 15) is 9.59 Å². The van der Waals surface area contributed by atoms with E-state index in [0.717, 1.165) is 49.0 Å². The fraction of sp³-hybridized carbons (Fsp3) is 0.160. The van der Waals surface area contributed by atoms with Crippen molar-refractivity contribution in [3.05, 3.63) is 212 Å². The SMILES string of the molecule is CO/N=C(\C(=O)NC1C(=O)N2C(C(=S)OC(c3ccccc3)c3ccccc3)=C(c3nc(C)c(C)s3)CS[C@H]12)c1csc(NC(c2ccccc2)(c2ccccc2)c2ccccc2)n1. The molecule has 2 amide bonds. The maximum atomic E-state index is 14.4. The fourth-order valence-corrected chi connectivity index (χ4v) is 11.5. The second-order valence-electron chi connectivity index (χ2n) is 15.1. The van der Waals surface area contributed by atoms with Crippen LogP contribution in [0.15, 0.2) is 168 Å². The number of nitrogens with zero attached hydrogens (tertiary/aromatic N) is 4. The molecule has 1 unspecified atom stereocenters. The number of amides is 2. The van der Waals surface area contributed by atoms with Gasteiger partial charge in [0.05, 0.1) is 5.69 Å². The third-order valence-corrected chi connectivity index (χ3v) is 14.7. The third-order valence-electron chi connectivity index (χ3n) is 11.2. The summed E-state index contributed by atoms with van der Waals surface area (Å²) in [6.45, 7) is 4.00. The second-order valence-corrected chi connectivity index (χ2v) is 18.6. The summed E-state index contributed by atoms with van der Waals surface area (Å²) in [5.41, 5.74) is 6.42. The molecule has 2 aromatic heterocycles. The molecule has 9 rings (SSSR count). The average Bonchev–Trinajstić information content (AvgIpc) is 3.95. The minimum Gasteiger partial charge on any atom is -0.469 e. The number of fused-ring (bicyclic) bond motifs is 1. The van der Waals surface area contributed by atoms with Crippen molar-refractivity contribution >= 4 is 79.9 Å². The first-order chi connectivity index (χ1) is 31.3. The number of carbonyl (C=O) groups is 2. The quantitative estimate of drug-likeness (QED) is 0.0362. The molecule has 14 heteroatoms. The van der Waals surface area contributed by atoms with Gasteiger partial charge in [0.25, 0.3) is 11.8 Å². The van der Waals surface area contributed by atoms with Crippen molar-refractivity contribution in [3.8, 4) is 0 Å². The lowest BCUT2D eigenvalue weighted by molar-refractivity contribution is -0.144. The fourth-order valence-electron chi connectivity index (χ4n) is 8.01. The first-order valence-corrected chi connectivity index (χ1v) is 23.7. The zero-order valence-electron chi connectivity index (χ0n) is 35.0. The molecule has 2 aliphatic rings. The van der Waals surface area contributed by atoms with Gasteiger partial charge in [-0.2, -0.15) is 0 Å². The smallest absolute Gasteiger partial charge is 0.276 e. The van der Waals surface area contributed by atoms with Crippen LogP contribution in [0, 0.1) is 13.8 Å². The molecule has 0 radical (unpaired) electrons. The Balaban J connectivity index is 0.999. The Bertz CT molecular complexity index is 2700. The summed E-state index contributed by atoms with van der Waals surface area (Å²) in [6, 6.07) is 49.4. The van der Waals surface area contributed by atoms with Gasteiger partial charge in [0.2, 0.25) is 5.05 Å². The molecule has 2 N–H and O–H groups in total. The lowest BCUT2D eigenvalue weighted by Gasteiger charge is -2.50. The number of hydrogen-bond donors (Lipinski definition) is 2. The van der Waals surface area contributed by atoms with Gasteiger partial charge in [0, 0.05) is 21.6 Å². The summed E-state index contributed by atoms with van der Waals surface area (Å²) in [4.78, 5) is 46.5. The van der Waals surface area contributed by atoms with E-state index >= 15 is 0 Å². The maximum Gasteiger partial charge on any atom is 0.276 e. The Morgan fingerprint density at radius 1 is 0.812 bits per heavy atom. The van der Waals surface area contributed by atoms with Crippen LogP contribution in [0.1, 0.15) is 55.2 Å². The van der Waals surface area contributed by atoms with Crippen LogP contribution in [0.25, 0.3) is 5.57 Å². The summed E-state index contributed by atoms with van der Waals surface area (Å²) >= 11 is 10.6. The number of hydrogen-bond acceptors (Lipinski definition) is 12. The molecule has 5 aromatic carbocycles. The molecule has 2 aliphatic heterocycles. The number of thiazole rings is 2. The molecule has 7 aromatic rings. The standard InChI is InChI=1S/C50H42N6O4S4/c1-31-32(2)64-45(51-31)38-29-62-47-41(46(58)56(47)42(38)48(61)60-43(33-19-9-4-10-20-33)34-21-11-5-12-22-34)53-44(57)40(55-59-3)39-30-63-49(52-39)54-50(35-23-13-6-14-24-35,36-25-15-7-16-26-36)37-27-17-8-18-28-37/h4-28,30,41,43,47H,29H2,1-3H3,(H,52,54)(H,53,57)/b55-40-/t41?,47-/m1/s1. The molecule has 10 nitrogen and oxygen atoms in total. The Hall–Kier alpha value is -6.45. The van der Waals surface area contributed by atoms with Gasteiger partial charge >= 0.3 is 0 Å². The van der Waals surface area contributed by atoms with E-state index in [2.05, 4.69) is 52.2 Å². The zero-order valence-corrected chi connectivity index (χ0v) is 38.3. The number of benzene rings is 5. The molecule has 1 saturated heterocycles. The highest BCUT2D eigenvalue weighted by Crippen LogP contribution is 2.46. The van der Waals surface area contributed by atoms with E-state index < -0.39 is 29.0 Å².